The minimum absolute atomic E-state index is 1.65. The van der Waals surface area contributed by atoms with Gasteiger partial charge in [0.1, 0.15) is 0 Å². The number of terminal acetylenes is 1. The Balaban J connectivity index is -0.0000000847. The highest BCUT2D eigenvalue weighted by Crippen LogP contribution is 1.89. The zero-order valence-corrected chi connectivity index (χ0v) is 8.80. The van der Waals surface area contributed by atoms with Crippen LogP contribution in [0.2, 0.25) is 0 Å². The Hall–Kier alpha value is -0.000000000000000111. The van der Waals surface area contributed by atoms with Crippen LogP contribution in [0.15, 0.2) is 11.5 Å². The van der Waals surface area contributed by atoms with E-state index in [2.05, 4.69) is 25.0 Å². The molecule has 0 saturated carbocycles. The second-order valence-corrected chi connectivity index (χ2v) is 1.74. The minimum Gasteiger partial charge on any atom is -0.183 e. The Bertz CT molecular complexity index is 79.7. The molecule has 10 heavy (non-hydrogen) atoms. The molecule has 0 fully saturated rings. The summed E-state index contributed by atoms with van der Waals surface area (Å²) in [5.74, 6) is 2.25. The van der Waals surface area contributed by atoms with Crippen LogP contribution in [0.1, 0.15) is 13.8 Å². The lowest BCUT2D eigenvalue weighted by Gasteiger charge is -1.66. The van der Waals surface area contributed by atoms with Crippen LogP contribution in [0, 0.1) is 12.3 Å². The molecule has 0 aliphatic rings. The van der Waals surface area contributed by atoms with Gasteiger partial charge >= 0.3 is 0 Å². The van der Waals surface area contributed by atoms with E-state index in [1.54, 1.807) is 24.9 Å². The van der Waals surface area contributed by atoms with Gasteiger partial charge in [-0.15, -0.1) is 24.1 Å². The zero-order chi connectivity index (χ0) is 8.83. The Kier molecular flexibility index (Phi) is 59.5. The molecular weight excluding hydrogens is 160 g/mol. The first-order valence-corrected chi connectivity index (χ1v) is 4.97. The monoisotopic (exact) mass is 176 g/mol. The predicted octanol–water partition coefficient (Wildman–Crippen LogP) is 3.07. The Morgan fingerprint density at radius 3 is 1.80 bits per heavy atom. The van der Waals surface area contributed by atoms with Crippen molar-refractivity contribution in [1.29, 1.82) is 0 Å². The molecule has 0 nitrogen and oxygen atoms in total. The number of rotatable bonds is 1. The van der Waals surface area contributed by atoms with Gasteiger partial charge in [-0.25, -0.2) is 0 Å². The average molecular weight is 176 g/mol. The van der Waals surface area contributed by atoms with Gasteiger partial charge in [-0.2, -0.15) is 12.6 Å². The first-order chi connectivity index (χ1) is 4.83. The van der Waals surface area contributed by atoms with Crippen molar-refractivity contribution in [1.82, 2.24) is 0 Å². The second-order valence-electron chi connectivity index (χ2n) is 0.994. The van der Waals surface area contributed by atoms with Gasteiger partial charge in [0.15, 0.2) is 0 Å². The fraction of sp³-hybridized carbons (Fsp3) is 0.500. The van der Waals surface area contributed by atoms with Crippen LogP contribution >= 0.6 is 24.4 Å². The lowest BCUT2D eigenvalue weighted by atomic mass is 10.8. The third-order valence-corrected chi connectivity index (χ3v) is 0.816. The average Bonchev–Trinajstić information content (AvgIpc) is 1.96. The molecule has 0 radical (unpaired) electrons. The smallest absolute Gasteiger partial charge is 0.00297 e. The van der Waals surface area contributed by atoms with E-state index in [1.165, 1.54) is 0 Å². The molecule has 0 aromatic carbocycles. The van der Waals surface area contributed by atoms with Crippen molar-refractivity contribution >= 4 is 24.4 Å². The van der Waals surface area contributed by atoms with Crippen LogP contribution in [0.5, 0.6) is 0 Å². The molecule has 0 aliphatic carbocycles. The highest BCUT2D eigenvalue weighted by molar-refractivity contribution is 8.01. The van der Waals surface area contributed by atoms with E-state index in [-0.39, 0.29) is 0 Å². The maximum atomic E-state index is 4.60. The van der Waals surface area contributed by atoms with Crippen LogP contribution in [-0.2, 0) is 0 Å². The van der Waals surface area contributed by atoms with Gasteiger partial charge in [0.05, 0.1) is 0 Å². The Morgan fingerprint density at radius 1 is 1.50 bits per heavy atom. The van der Waals surface area contributed by atoms with Crippen molar-refractivity contribution < 1.29 is 0 Å². The highest BCUT2D eigenvalue weighted by atomic mass is 32.2. The molecule has 0 spiro atoms. The maximum Gasteiger partial charge on any atom is -0.00297 e. The largest absolute Gasteiger partial charge is 0.183 e. The van der Waals surface area contributed by atoms with Gasteiger partial charge in [0.25, 0.3) is 0 Å². The molecule has 0 N–H and O–H groups in total. The summed E-state index contributed by atoms with van der Waals surface area (Å²) in [5.41, 5.74) is 0. The standard InChI is InChI=1S/C4H8S.C3H4.CH4S/c1-3-4-5-2;1-3-2;1-2/h3-4H,1-2H3;1H,2H3;2H,1H3. The molecular formula is C8H16S2. The maximum absolute atomic E-state index is 4.60. The van der Waals surface area contributed by atoms with E-state index < -0.39 is 0 Å². The minimum atomic E-state index is 1.65. The topological polar surface area (TPSA) is 0 Å². The number of allylic oxidation sites excluding steroid dienone is 1. The van der Waals surface area contributed by atoms with Crippen molar-refractivity contribution in [2.75, 3.05) is 12.5 Å². The SMILES string of the molecule is C#CC.CC=CSC.CS. The van der Waals surface area contributed by atoms with Crippen molar-refractivity contribution in [3.8, 4) is 12.3 Å². The molecule has 0 amide bonds. The highest BCUT2D eigenvalue weighted by Gasteiger charge is 1.51. The van der Waals surface area contributed by atoms with Crippen molar-refractivity contribution in [3.63, 3.8) is 0 Å². The van der Waals surface area contributed by atoms with Crippen molar-refractivity contribution in [2.24, 2.45) is 0 Å². The van der Waals surface area contributed by atoms with Gasteiger partial charge in [0.2, 0.25) is 0 Å². The van der Waals surface area contributed by atoms with Crippen molar-refractivity contribution in [2.45, 2.75) is 13.8 Å². The fourth-order valence-electron chi connectivity index (χ4n) is 0.136. The molecule has 0 aliphatic heterocycles. The molecule has 0 unspecified atom stereocenters. The van der Waals surface area contributed by atoms with E-state index in [1.807, 2.05) is 24.7 Å². The van der Waals surface area contributed by atoms with Crippen molar-refractivity contribution in [3.05, 3.63) is 11.5 Å². The summed E-state index contributed by atoms with van der Waals surface area (Å²) in [6.45, 7) is 3.66. The molecule has 2 heteroatoms. The molecule has 0 aromatic heterocycles. The molecule has 0 saturated heterocycles. The van der Waals surface area contributed by atoms with Gasteiger partial charge in [-0.1, -0.05) is 6.08 Å². The zero-order valence-electron chi connectivity index (χ0n) is 7.09. The fourth-order valence-corrected chi connectivity index (χ4v) is 0.408. The van der Waals surface area contributed by atoms with Gasteiger partial charge in [0, 0.05) is 0 Å². The first-order valence-electron chi connectivity index (χ1n) is 2.79. The molecule has 0 heterocycles. The number of thiol groups is 1. The van der Waals surface area contributed by atoms with Crippen LogP contribution < -0.4 is 0 Å². The third kappa shape index (κ3) is 98.0. The van der Waals surface area contributed by atoms with E-state index in [4.69, 9.17) is 0 Å². The lowest BCUT2D eigenvalue weighted by Crippen LogP contribution is -1.34. The lowest BCUT2D eigenvalue weighted by molar-refractivity contribution is 1.79. The first kappa shape index (κ1) is 16.5. The summed E-state index contributed by atoms with van der Waals surface area (Å²) < 4.78 is 0. The van der Waals surface area contributed by atoms with Gasteiger partial charge in [-0.05, 0) is 31.8 Å². The van der Waals surface area contributed by atoms with Crippen LogP contribution in [0.25, 0.3) is 0 Å². The molecule has 0 atom stereocenters. The number of hydrogen-bond acceptors (Lipinski definition) is 2. The van der Waals surface area contributed by atoms with Gasteiger partial charge in [-0.3, -0.25) is 0 Å². The normalized spacial score (nSPS) is 6.40. The summed E-state index contributed by atoms with van der Waals surface area (Å²) in [4.78, 5) is 0. The molecule has 0 bridgehead atoms. The van der Waals surface area contributed by atoms with E-state index in [0.29, 0.717) is 0 Å². The van der Waals surface area contributed by atoms with Crippen LogP contribution in [0.4, 0.5) is 0 Å². The Morgan fingerprint density at radius 2 is 1.80 bits per heavy atom. The summed E-state index contributed by atoms with van der Waals surface area (Å²) >= 11 is 5.25. The summed E-state index contributed by atoms with van der Waals surface area (Å²) in [5, 5.41) is 2.04. The quantitative estimate of drug-likeness (QED) is 0.473. The second kappa shape index (κ2) is 36.0. The Labute approximate surface area is 74.9 Å². The van der Waals surface area contributed by atoms with Crippen LogP contribution in [0.3, 0.4) is 0 Å². The third-order valence-electron chi connectivity index (χ3n) is 0.272. The summed E-state index contributed by atoms with van der Waals surface area (Å²) in [7, 11) is 0. The molecule has 60 valence electrons. The molecule has 0 aromatic rings. The van der Waals surface area contributed by atoms with Crippen LogP contribution in [-0.4, -0.2) is 12.5 Å². The summed E-state index contributed by atoms with van der Waals surface area (Å²) in [6.07, 6.45) is 10.4. The van der Waals surface area contributed by atoms with Gasteiger partial charge < -0.3 is 0 Å². The predicted molar refractivity (Wildman–Crippen MR) is 57.7 cm³/mol. The van der Waals surface area contributed by atoms with E-state index in [0.717, 1.165) is 0 Å². The summed E-state index contributed by atoms with van der Waals surface area (Å²) in [6, 6.07) is 0. The number of thioether (sulfide) groups is 1. The number of hydrogen-bond donors (Lipinski definition) is 1. The molecule has 0 rings (SSSR count). The van der Waals surface area contributed by atoms with E-state index >= 15 is 0 Å². The van der Waals surface area contributed by atoms with E-state index in [9.17, 15) is 0 Å².